The molecule has 0 aliphatic carbocycles. The molecule has 0 saturated carbocycles. The molecule has 5 nitrogen and oxygen atoms in total. The lowest BCUT2D eigenvalue weighted by Crippen LogP contribution is -2.47. The van der Waals surface area contributed by atoms with Crippen LogP contribution in [-0.2, 0) is 16.6 Å². The average Bonchev–Trinajstić information content (AvgIpc) is 2.44. The zero-order valence-corrected chi connectivity index (χ0v) is 13.6. The highest BCUT2D eigenvalue weighted by atomic mass is 35.5. The van der Waals surface area contributed by atoms with Gasteiger partial charge in [-0.3, -0.25) is 0 Å². The maximum Gasteiger partial charge on any atom is 0.243 e. The maximum absolute atomic E-state index is 13.9. The van der Waals surface area contributed by atoms with Crippen molar-refractivity contribution in [1.29, 1.82) is 0 Å². The van der Waals surface area contributed by atoms with Crippen molar-refractivity contribution in [2.75, 3.05) is 40.3 Å². The van der Waals surface area contributed by atoms with Gasteiger partial charge in [-0.15, -0.1) is 0 Å². The highest BCUT2D eigenvalue weighted by molar-refractivity contribution is 7.89. The van der Waals surface area contributed by atoms with E-state index in [1.165, 1.54) is 10.4 Å². The summed E-state index contributed by atoms with van der Waals surface area (Å²) in [6.07, 6.45) is 0. The summed E-state index contributed by atoms with van der Waals surface area (Å²) < 4.78 is 40.4. The number of sulfonamides is 1. The lowest BCUT2D eigenvalue weighted by Gasteiger charge is -2.31. The number of nitrogens with one attached hydrogen (secondary N) is 1. The molecule has 1 N–H and O–H groups in total. The highest BCUT2D eigenvalue weighted by Gasteiger charge is 2.28. The molecular formula is C13H19ClFN3O2S. The molecule has 0 amide bonds. The fourth-order valence-corrected chi connectivity index (χ4v) is 3.93. The van der Waals surface area contributed by atoms with Crippen LogP contribution in [0.25, 0.3) is 0 Å². The second kappa shape index (κ2) is 6.58. The predicted molar refractivity (Wildman–Crippen MR) is 80.4 cm³/mol. The zero-order valence-electron chi connectivity index (χ0n) is 12.1. The quantitative estimate of drug-likeness (QED) is 0.896. The SMILES string of the molecule is CNCc1cc(S(=O)(=O)N2CCN(C)CC2)cc(F)c1Cl. The Morgan fingerprint density at radius 3 is 2.48 bits per heavy atom. The van der Waals surface area contributed by atoms with Gasteiger partial charge in [0.05, 0.1) is 9.92 Å². The minimum Gasteiger partial charge on any atom is -0.316 e. The number of benzene rings is 1. The summed E-state index contributed by atoms with van der Waals surface area (Å²) in [6.45, 7) is 2.45. The Morgan fingerprint density at radius 2 is 1.90 bits per heavy atom. The smallest absolute Gasteiger partial charge is 0.243 e. The van der Waals surface area contributed by atoms with Crippen LogP contribution >= 0.6 is 11.6 Å². The van der Waals surface area contributed by atoms with Crippen molar-refractivity contribution in [3.63, 3.8) is 0 Å². The maximum atomic E-state index is 13.9. The number of nitrogens with zero attached hydrogens (tertiary/aromatic N) is 2. The van der Waals surface area contributed by atoms with Crippen LogP contribution < -0.4 is 5.32 Å². The Labute approximate surface area is 129 Å². The molecule has 0 radical (unpaired) electrons. The molecule has 0 aromatic heterocycles. The zero-order chi connectivity index (χ0) is 15.6. The van der Waals surface area contributed by atoms with Crippen molar-refractivity contribution >= 4 is 21.6 Å². The summed E-state index contributed by atoms with van der Waals surface area (Å²) >= 11 is 5.87. The molecule has 1 saturated heterocycles. The molecule has 1 aliphatic rings. The first-order valence-electron chi connectivity index (χ1n) is 6.67. The van der Waals surface area contributed by atoms with E-state index in [9.17, 15) is 12.8 Å². The summed E-state index contributed by atoms with van der Waals surface area (Å²) in [4.78, 5) is 2.01. The molecule has 21 heavy (non-hydrogen) atoms. The minimum absolute atomic E-state index is 0.0401. The van der Waals surface area contributed by atoms with E-state index < -0.39 is 15.8 Å². The van der Waals surface area contributed by atoms with Gasteiger partial charge >= 0.3 is 0 Å². The average molecular weight is 336 g/mol. The monoisotopic (exact) mass is 335 g/mol. The van der Waals surface area contributed by atoms with Gasteiger partial charge in [-0.1, -0.05) is 11.6 Å². The van der Waals surface area contributed by atoms with Gasteiger partial charge in [-0.2, -0.15) is 4.31 Å². The van der Waals surface area contributed by atoms with Crippen LogP contribution in [0.4, 0.5) is 4.39 Å². The van der Waals surface area contributed by atoms with Crippen molar-refractivity contribution in [2.24, 2.45) is 0 Å². The van der Waals surface area contributed by atoms with Crippen LogP contribution in [0.1, 0.15) is 5.56 Å². The Bertz CT molecular complexity index is 616. The molecule has 0 unspecified atom stereocenters. The van der Waals surface area contributed by atoms with Crippen molar-refractivity contribution < 1.29 is 12.8 Å². The molecule has 0 bridgehead atoms. The Balaban J connectivity index is 2.36. The third kappa shape index (κ3) is 3.54. The molecule has 1 fully saturated rings. The first kappa shape index (κ1) is 16.6. The largest absolute Gasteiger partial charge is 0.316 e. The fourth-order valence-electron chi connectivity index (χ4n) is 2.26. The Hall–Kier alpha value is -0.730. The van der Waals surface area contributed by atoms with Crippen molar-refractivity contribution in [3.05, 3.63) is 28.5 Å². The number of likely N-dealkylation sites (N-methyl/N-ethyl adjacent to an activating group) is 1. The highest BCUT2D eigenvalue weighted by Crippen LogP contribution is 2.26. The first-order valence-corrected chi connectivity index (χ1v) is 8.49. The summed E-state index contributed by atoms with van der Waals surface area (Å²) in [5.74, 6) is -0.711. The van der Waals surface area contributed by atoms with Crippen molar-refractivity contribution in [3.8, 4) is 0 Å². The standard InChI is InChI=1S/C13H19ClFN3O2S/c1-16-9-10-7-11(8-12(15)13(10)14)21(19,20)18-5-3-17(2)4-6-18/h7-8,16H,3-6,9H2,1-2H3. The van der Waals surface area contributed by atoms with Crippen LogP contribution in [0.3, 0.4) is 0 Å². The molecule has 1 aromatic carbocycles. The number of rotatable bonds is 4. The lowest BCUT2D eigenvalue weighted by atomic mass is 10.2. The number of hydrogen-bond donors (Lipinski definition) is 1. The van der Waals surface area contributed by atoms with E-state index in [0.717, 1.165) is 6.07 Å². The summed E-state index contributed by atoms with van der Waals surface area (Å²) in [5, 5.41) is 2.81. The van der Waals surface area contributed by atoms with Gasteiger partial charge in [0.25, 0.3) is 0 Å². The Morgan fingerprint density at radius 1 is 1.29 bits per heavy atom. The topological polar surface area (TPSA) is 52.7 Å². The van der Waals surface area contributed by atoms with Gasteiger partial charge < -0.3 is 10.2 Å². The second-order valence-corrected chi connectivity index (χ2v) is 7.43. The van der Waals surface area contributed by atoms with Crippen molar-refractivity contribution in [1.82, 2.24) is 14.5 Å². The molecule has 8 heteroatoms. The van der Waals surface area contributed by atoms with E-state index in [-0.39, 0.29) is 9.92 Å². The number of piperazine rings is 1. The minimum atomic E-state index is -3.69. The van der Waals surface area contributed by atoms with E-state index in [0.29, 0.717) is 38.3 Å². The normalized spacial score (nSPS) is 18.1. The molecule has 0 atom stereocenters. The molecule has 2 rings (SSSR count). The van der Waals surface area contributed by atoms with Gasteiger partial charge in [0.1, 0.15) is 5.82 Å². The third-order valence-electron chi connectivity index (χ3n) is 3.54. The Kier molecular flexibility index (Phi) is 5.21. The van der Waals surface area contributed by atoms with Gasteiger partial charge in [-0.25, -0.2) is 12.8 Å². The van der Waals surface area contributed by atoms with Crippen LogP contribution in [0, 0.1) is 5.82 Å². The molecular weight excluding hydrogens is 317 g/mol. The van der Waals surface area contributed by atoms with Gasteiger partial charge in [0.15, 0.2) is 0 Å². The lowest BCUT2D eigenvalue weighted by molar-refractivity contribution is 0.222. The van der Waals surface area contributed by atoms with Crippen molar-refractivity contribution in [2.45, 2.75) is 11.4 Å². The number of halogens is 2. The van der Waals surface area contributed by atoms with Gasteiger partial charge in [0, 0.05) is 32.7 Å². The molecule has 1 aliphatic heterocycles. The van der Waals surface area contributed by atoms with Crippen LogP contribution in [0.2, 0.25) is 5.02 Å². The summed E-state index contributed by atoms with van der Waals surface area (Å²) in [5.41, 5.74) is 0.437. The third-order valence-corrected chi connectivity index (χ3v) is 5.84. The predicted octanol–water partition coefficient (Wildman–Crippen LogP) is 1.13. The van der Waals surface area contributed by atoms with Gasteiger partial charge in [-0.05, 0) is 31.8 Å². The van der Waals surface area contributed by atoms with E-state index in [2.05, 4.69) is 10.2 Å². The fraction of sp³-hybridized carbons (Fsp3) is 0.538. The van der Waals surface area contributed by atoms with E-state index in [1.54, 1.807) is 7.05 Å². The first-order chi connectivity index (χ1) is 9.86. The number of hydrogen-bond acceptors (Lipinski definition) is 4. The molecule has 1 aromatic rings. The summed E-state index contributed by atoms with van der Waals surface area (Å²) in [6, 6.07) is 2.44. The summed E-state index contributed by atoms with van der Waals surface area (Å²) in [7, 11) is -0.0535. The van der Waals surface area contributed by atoms with E-state index in [4.69, 9.17) is 11.6 Å². The van der Waals surface area contributed by atoms with Crippen LogP contribution in [0.15, 0.2) is 17.0 Å². The van der Waals surface area contributed by atoms with Crippen LogP contribution in [0.5, 0.6) is 0 Å². The molecule has 118 valence electrons. The van der Waals surface area contributed by atoms with Gasteiger partial charge in [0.2, 0.25) is 10.0 Å². The second-order valence-electron chi connectivity index (χ2n) is 5.12. The van der Waals surface area contributed by atoms with E-state index >= 15 is 0 Å². The van der Waals surface area contributed by atoms with Crippen LogP contribution in [-0.4, -0.2) is 57.9 Å². The molecule has 0 spiro atoms. The van der Waals surface area contributed by atoms with E-state index in [1.807, 2.05) is 7.05 Å². The molecule has 1 heterocycles.